The molecule has 0 aliphatic carbocycles. The molecule has 0 fully saturated rings. The van der Waals surface area contributed by atoms with Crippen LogP contribution in [0.25, 0.3) is 10.9 Å². The van der Waals surface area contributed by atoms with Gasteiger partial charge in [-0.15, -0.1) is 0 Å². The Morgan fingerprint density at radius 1 is 1.10 bits per heavy atom. The Bertz CT molecular complexity index is 818. The Morgan fingerprint density at radius 3 is 2.57 bits per heavy atom. The van der Waals surface area contributed by atoms with Gasteiger partial charge >= 0.3 is 0 Å². The number of pyridine rings is 1. The van der Waals surface area contributed by atoms with E-state index in [9.17, 15) is 9.18 Å². The highest BCUT2D eigenvalue weighted by Gasteiger charge is 2.12. The summed E-state index contributed by atoms with van der Waals surface area (Å²) >= 11 is 5.95. The minimum Gasteiger partial charge on any atom is -0.322 e. The normalized spacial score (nSPS) is 10.6. The van der Waals surface area contributed by atoms with Crippen molar-refractivity contribution in [2.75, 3.05) is 5.32 Å². The monoisotopic (exact) mass is 300 g/mol. The number of rotatable bonds is 2. The smallest absolute Gasteiger partial charge is 0.256 e. The second-order valence-electron chi connectivity index (χ2n) is 4.47. The van der Waals surface area contributed by atoms with E-state index in [4.69, 9.17) is 11.6 Å². The summed E-state index contributed by atoms with van der Waals surface area (Å²) in [6, 6.07) is 14.3. The standard InChI is InChI=1S/C16H10ClFN2O/c17-15-9-13(12-3-1-2-4-14(12)20-15)16(21)19-11-7-5-10(18)6-8-11/h1-9H,(H,19,21). The highest BCUT2D eigenvalue weighted by Crippen LogP contribution is 2.22. The lowest BCUT2D eigenvalue weighted by atomic mass is 10.1. The molecule has 0 aliphatic heterocycles. The van der Waals surface area contributed by atoms with Gasteiger partial charge in [-0.05, 0) is 36.4 Å². The molecule has 0 bridgehead atoms. The molecule has 3 aromatic rings. The van der Waals surface area contributed by atoms with E-state index in [1.54, 1.807) is 12.1 Å². The highest BCUT2D eigenvalue weighted by atomic mass is 35.5. The average Bonchev–Trinajstić information content (AvgIpc) is 2.48. The lowest BCUT2D eigenvalue weighted by molar-refractivity contribution is 0.102. The summed E-state index contributed by atoms with van der Waals surface area (Å²) in [6.45, 7) is 0. The van der Waals surface area contributed by atoms with Gasteiger partial charge in [0.2, 0.25) is 0 Å². The number of aromatic nitrogens is 1. The van der Waals surface area contributed by atoms with E-state index in [2.05, 4.69) is 10.3 Å². The molecular weight excluding hydrogens is 291 g/mol. The third-order valence-electron chi connectivity index (χ3n) is 3.03. The van der Waals surface area contributed by atoms with Gasteiger partial charge in [0.15, 0.2) is 0 Å². The van der Waals surface area contributed by atoms with E-state index in [0.29, 0.717) is 22.2 Å². The van der Waals surface area contributed by atoms with Gasteiger partial charge in [-0.1, -0.05) is 29.8 Å². The van der Waals surface area contributed by atoms with Crippen molar-refractivity contribution in [3.63, 3.8) is 0 Å². The van der Waals surface area contributed by atoms with E-state index in [1.165, 1.54) is 30.3 Å². The minimum absolute atomic E-state index is 0.248. The lowest BCUT2D eigenvalue weighted by Crippen LogP contribution is -2.12. The number of nitrogens with one attached hydrogen (secondary N) is 1. The van der Waals surface area contributed by atoms with Crippen LogP contribution in [0.2, 0.25) is 5.15 Å². The number of benzene rings is 2. The van der Waals surface area contributed by atoms with Crippen LogP contribution in [0, 0.1) is 5.82 Å². The molecule has 0 aliphatic rings. The largest absolute Gasteiger partial charge is 0.322 e. The maximum absolute atomic E-state index is 12.9. The first-order chi connectivity index (χ1) is 10.1. The maximum atomic E-state index is 12.9. The van der Waals surface area contributed by atoms with Crippen molar-refractivity contribution in [2.24, 2.45) is 0 Å². The maximum Gasteiger partial charge on any atom is 0.256 e. The first-order valence-electron chi connectivity index (χ1n) is 6.26. The quantitative estimate of drug-likeness (QED) is 0.718. The fourth-order valence-electron chi connectivity index (χ4n) is 2.06. The van der Waals surface area contributed by atoms with E-state index >= 15 is 0 Å². The zero-order chi connectivity index (χ0) is 14.8. The second kappa shape index (κ2) is 5.50. The molecule has 0 unspecified atom stereocenters. The zero-order valence-corrected chi connectivity index (χ0v) is 11.6. The minimum atomic E-state index is -0.356. The molecule has 0 spiro atoms. The number of anilines is 1. The fraction of sp³-hybridized carbons (Fsp3) is 0. The van der Waals surface area contributed by atoms with Gasteiger partial charge < -0.3 is 5.32 Å². The second-order valence-corrected chi connectivity index (χ2v) is 4.86. The number of carbonyl (C=O) groups excluding carboxylic acids is 1. The molecule has 5 heteroatoms. The first-order valence-corrected chi connectivity index (χ1v) is 6.63. The fourth-order valence-corrected chi connectivity index (χ4v) is 2.26. The summed E-state index contributed by atoms with van der Waals surface area (Å²) in [5.74, 6) is -0.674. The van der Waals surface area contributed by atoms with Gasteiger partial charge in [-0.3, -0.25) is 4.79 Å². The third kappa shape index (κ3) is 2.85. The SMILES string of the molecule is O=C(Nc1ccc(F)cc1)c1cc(Cl)nc2ccccc12. The number of hydrogen-bond acceptors (Lipinski definition) is 2. The number of amides is 1. The first kappa shape index (κ1) is 13.5. The van der Waals surface area contributed by atoms with E-state index in [1.807, 2.05) is 12.1 Å². The van der Waals surface area contributed by atoms with Gasteiger partial charge in [0.05, 0.1) is 11.1 Å². The molecule has 1 N–H and O–H groups in total. The molecule has 1 amide bonds. The Balaban J connectivity index is 1.99. The van der Waals surface area contributed by atoms with Crippen molar-refractivity contribution in [3.8, 4) is 0 Å². The zero-order valence-electron chi connectivity index (χ0n) is 10.8. The van der Waals surface area contributed by atoms with Crippen molar-refractivity contribution in [1.29, 1.82) is 0 Å². The molecule has 1 aromatic heterocycles. The number of para-hydroxylation sites is 1. The summed E-state index contributed by atoms with van der Waals surface area (Å²) in [4.78, 5) is 16.5. The molecule has 104 valence electrons. The van der Waals surface area contributed by atoms with Gasteiger partial charge in [0.1, 0.15) is 11.0 Å². The number of fused-ring (bicyclic) bond motifs is 1. The van der Waals surface area contributed by atoms with E-state index in [0.717, 1.165) is 0 Å². The van der Waals surface area contributed by atoms with Crippen LogP contribution in [-0.4, -0.2) is 10.9 Å². The summed E-state index contributed by atoms with van der Waals surface area (Å²) < 4.78 is 12.9. The highest BCUT2D eigenvalue weighted by molar-refractivity contribution is 6.30. The van der Waals surface area contributed by atoms with Crippen LogP contribution in [0.5, 0.6) is 0 Å². The Labute approximate surface area is 125 Å². The van der Waals surface area contributed by atoms with Crippen molar-refractivity contribution in [3.05, 3.63) is 71.1 Å². The van der Waals surface area contributed by atoms with Gasteiger partial charge in [-0.2, -0.15) is 0 Å². The summed E-state index contributed by atoms with van der Waals surface area (Å²) in [6.07, 6.45) is 0. The molecule has 0 saturated carbocycles. The van der Waals surface area contributed by atoms with Crippen LogP contribution < -0.4 is 5.32 Å². The summed E-state index contributed by atoms with van der Waals surface area (Å²) in [5.41, 5.74) is 1.59. The van der Waals surface area contributed by atoms with Crippen LogP contribution in [0.4, 0.5) is 10.1 Å². The third-order valence-corrected chi connectivity index (χ3v) is 3.23. The number of halogens is 2. The van der Waals surface area contributed by atoms with Crippen molar-refractivity contribution >= 4 is 34.1 Å². The lowest BCUT2D eigenvalue weighted by Gasteiger charge is -2.08. The number of hydrogen-bond donors (Lipinski definition) is 1. The van der Waals surface area contributed by atoms with Crippen LogP contribution in [0.3, 0.4) is 0 Å². The summed E-state index contributed by atoms with van der Waals surface area (Å²) in [5, 5.41) is 3.67. The van der Waals surface area contributed by atoms with Gasteiger partial charge in [0.25, 0.3) is 5.91 Å². The van der Waals surface area contributed by atoms with Gasteiger partial charge in [-0.25, -0.2) is 9.37 Å². The molecule has 21 heavy (non-hydrogen) atoms. The molecule has 2 aromatic carbocycles. The van der Waals surface area contributed by atoms with Crippen LogP contribution >= 0.6 is 11.6 Å². The molecule has 1 heterocycles. The van der Waals surface area contributed by atoms with Crippen LogP contribution in [0.1, 0.15) is 10.4 Å². The number of carbonyl (C=O) groups is 1. The number of nitrogens with zero attached hydrogens (tertiary/aromatic N) is 1. The van der Waals surface area contributed by atoms with Crippen molar-refractivity contribution in [2.45, 2.75) is 0 Å². The molecule has 0 radical (unpaired) electrons. The Hall–Kier alpha value is -2.46. The summed E-state index contributed by atoms with van der Waals surface area (Å²) in [7, 11) is 0. The van der Waals surface area contributed by atoms with E-state index < -0.39 is 0 Å². The van der Waals surface area contributed by atoms with Crippen LogP contribution in [-0.2, 0) is 0 Å². The predicted molar refractivity (Wildman–Crippen MR) is 81.1 cm³/mol. The molecule has 0 saturated heterocycles. The topological polar surface area (TPSA) is 42.0 Å². The Morgan fingerprint density at radius 2 is 1.81 bits per heavy atom. The molecule has 3 nitrogen and oxygen atoms in total. The van der Waals surface area contributed by atoms with E-state index in [-0.39, 0.29) is 16.9 Å². The molecule has 3 rings (SSSR count). The Kier molecular flexibility index (Phi) is 3.54. The predicted octanol–water partition coefficient (Wildman–Crippen LogP) is 4.28. The van der Waals surface area contributed by atoms with Crippen molar-refractivity contribution in [1.82, 2.24) is 4.98 Å². The molecule has 0 atom stereocenters. The van der Waals surface area contributed by atoms with Crippen molar-refractivity contribution < 1.29 is 9.18 Å². The molecular formula is C16H10ClFN2O. The average molecular weight is 301 g/mol. The van der Waals surface area contributed by atoms with Crippen LogP contribution in [0.15, 0.2) is 54.6 Å². The van der Waals surface area contributed by atoms with Gasteiger partial charge in [0, 0.05) is 11.1 Å².